The third-order valence-corrected chi connectivity index (χ3v) is 6.80. The number of imidazole rings is 1. The number of fused-ring (bicyclic) bond motifs is 1. The number of sulfonamides is 1. The molecule has 196 valence electrons. The summed E-state index contributed by atoms with van der Waals surface area (Å²) in [6, 6.07) is 9.65. The quantitative estimate of drug-likeness (QED) is 0.258. The number of nitrogens with zero attached hydrogens (tertiary/aromatic N) is 4. The molecule has 37 heavy (non-hydrogen) atoms. The molecule has 1 aromatic carbocycles. The Morgan fingerprint density at radius 3 is 2.62 bits per heavy atom. The predicted octanol–water partition coefficient (Wildman–Crippen LogP) is 2.32. The number of aromatic nitrogens is 4. The Hall–Kier alpha value is -3.81. The molecule has 4 rings (SSSR count). The number of nitrogens with one attached hydrogen (secondary N) is 3. The summed E-state index contributed by atoms with van der Waals surface area (Å²) in [5.74, 6) is 1.42. The Kier molecular flexibility index (Phi) is 7.57. The lowest BCUT2D eigenvalue weighted by molar-refractivity contribution is 0.251. The third kappa shape index (κ3) is 6.50. The van der Waals surface area contributed by atoms with E-state index in [1.165, 1.54) is 6.07 Å². The van der Waals surface area contributed by atoms with Crippen LogP contribution in [0.2, 0.25) is 0 Å². The van der Waals surface area contributed by atoms with Crippen molar-refractivity contribution in [1.29, 1.82) is 0 Å². The number of pyridine rings is 1. The fraction of sp³-hybridized carbons (Fsp3) is 0.333. The highest BCUT2D eigenvalue weighted by Crippen LogP contribution is 2.24. The van der Waals surface area contributed by atoms with Crippen molar-refractivity contribution in [2.45, 2.75) is 37.5 Å². The Bertz CT molecular complexity index is 1510. The van der Waals surface area contributed by atoms with Gasteiger partial charge >= 0.3 is 6.03 Å². The van der Waals surface area contributed by atoms with Crippen molar-refractivity contribution in [3.63, 3.8) is 0 Å². The Balaban J connectivity index is 1.39. The van der Waals surface area contributed by atoms with E-state index in [1.54, 1.807) is 41.1 Å². The largest absolute Gasteiger partial charge is 0.395 e. The second-order valence-corrected chi connectivity index (χ2v) is 11.1. The van der Waals surface area contributed by atoms with E-state index in [0.717, 1.165) is 5.56 Å². The maximum Gasteiger partial charge on any atom is 0.320 e. The number of carbonyl (C=O) groups excluding carboxylic acids is 1. The van der Waals surface area contributed by atoms with Crippen LogP contribution < -0.4 is 15.4 Å². The molecule has 0 aliphatic carbocycles. The lowest BCUT2D eigenvalue weighted by atomic mass is 9.96. The fourth-order valence-electron chi connectivity index (χ4n) is 3.43. The van der Waals surface area contributed by atoms with Crippen LogP contribution in [-0.4, -0.2) is 58.8 Å². The van der Waals surface area contributed by atoms with Crippen molar-refractivity contribution < 1.29 is 22.8 Å². The van der Waals surface area contributed by atoms with Crippen molar-refractivity contribution in [1.82, 2.24) is 29.6 Å². The van der Waals surface area contributed by atoms with Crippen LogP contribution in [0.4, 0.5) is 10.6 Å². The van der Waals surface area contributed by atoms with Crippen LogP contribution in [0.25, 0.3) is 16.8 Å². The van der Waals surface area contributed by atoms with Gasteiger partial charge in [-0.3, -0.25) is 5.32 Å². The summed E-state index contributed by atoms with van der Waals surface area (Å²) < 4.78 is 34.1. The lowest BCUT2D eigenvalue weighted by Gasteiger charge is -2.10. The highest BCUT2D eigenvalue weighted by Gasteiger charge is 2.21. The number of hydrogen-bond acceptors (Lipinski definition) is 8. The van der Waals surface area contributed by atoms with Crippen LogP contribution in [0.3, 0.4) is 0 Å². The summed E-state index contributed by atoms with van der Waals surface area (Å²) in [5, 5.41) is 18.3. The van der Waals surface area contributed by atoms with Gasteiger partial charge in [0.25, 0.3) is 0 Å². The number of aliphatic hydroxyl groups excluding tert-OH is 1. The summed E-state index contributed by atoms with van der Waals surface area (Å²) >= 11 is 0. The zero-order chi connectivity index (χ0) is 26.6. The molecule has 0 saturated heterocycles. The van der Waals surface area contributed by atoms with Crippen LogP contribution in [0.1, 0.15) is 32.5 Å². The van der Waals surface area contributed by atoms with E-state index in [4.69, 9.17) is 9.63 Å². The molecule has 0 radical (unpaired) electrons. The van der Waals surface area contributed by atoms with E-state index < -0.39 is 16.1 Å². The number of aliphatic hydroxyl groups is 1. The summed E-state index contributed by atoms with van der Waals surface area (Å²) in [6.07, 6.45) is 3.85. The predicted molar refractivity (Wildman–Crippen MR) is 137 cm³/mol. The van der Waals surface area contributed by atoms with Crippen molar-refractivity contribution in [3.8, 4) is 11.1 Å². The van der Waals surface area contributed by atoms with Crippen molar-refractivity contribution in [2.24, 2.45) is 0 Å². The van der Waals surface area contributed by atoms with E-state index in [-0.39, 0.29) is 23.5 Å². The second kappa shape index (κ2) is 10.7. The van der Waals surface area contributed by atoms with Gasteiger partial charge in [-0.15, -0.1) is 0 Å². The van der Waals surface area contributed by atoms with E-state index in [1.807, 2.05) is 26.8 Å². The smallest absolute Gasteiger partial charge is 0.320 e. The molecule has 0 saturated carbocycles. The molecule has 0 aliphatic heterocycles. The van der Waals surface area contributed by atoms with E-state index >= 15 is 0 Å². The van der Waals surface area contributed by atoms with Gasteiger partial charge in [0.2, 0.25) is 15.9 Å². The van der Waals surface area contributed by atoms with Crippen molar-refractivity contribution in [3.05, 3.63) is 60.5 Å². The third-order valence-electron chi connectivity index (χ3n) is 5.34. The molecule has 0 spiro atoms. The maximum atomic E-state index is 12.4. The molecule has 3 aromatic heterocycles. The molecule has 0 aliphatic rings. The lowest BCUT2D eigenvalue weighted by Crippen LogP contribution is -2.30. The van der Waals surface area contributed by atoms with Gasteiger partial charge in [0, 0.05) is 31.1 Å². The first-order valence-corrected chi connectivity index (χ1v) is 13.1. The SMILES string of the molecule is CC(C)(C)c1noc(CCNC(=O)Nc2cn3cc(-c4cccc(S(=O)(=O)NCCO)c4)ccc3n2)n1. The van der Waals surface area contributed by atoms with Gasteiger partial charge in [0.15, 0.2) is 11.6 Å². The average Bonchev–Trinajstić information content (AvgIpc) is 3.49. The summed E-state index contributed by atoms with van der Waals surface area (Å²) in [5.41, 5.74) is 1.83. The molecule has 0 fully saturated rings. The zero-order valence-corrected chi connectivity index (χ0v) is 21.5. The van der Waals surface area contributed by atoms with Gasteiger partial charge in [-0.25, -0.2) is 22.9 Å². The highest BCUT2D eigenvalue weighted by molar-refractivity contribution is 7.89. The summed E-state index contributed by atoms with van der Waals surface area (Å²) in [4.78, 5) is 21.2. The molecule has 13 heteroatoms. The fourth-order valence-corrected chi connectivity index (χ4v) is 4.50. The van der Waals surface area contributed by atoms with E-state index in [2.05, 4.69) is 30.5 Å². The number of carbonyl (C=O) groups is 1. The molecule has 0 unspecified atom stereocenters. The molecule has 0 atom stereocenters. The van der Waals surface area contributed by atoms with Crippen LogP contribution in [-0.2, 0) is 21.9 Å². The standard InChI is InChI=1S/C24H29N7O5S/c1-24(2,3)22-29-21(36-30-22)9-10-25-23(33)28-19-15-31-14-17(7-8-20(31)27-19)16-5-4-6-18(13-16)37(34,35)26-11-12-32/h4-8,13-15,26,32H,9-12H2,1-3H3,(H2,25,28,33). The van der Waals surface area contributed by atoms with Gasteiger partial charge in [-0.05, 0) is 35.4 Å². The molecule has 2 amide bonds. The monoisotopic (exact) mass is 527 g/mol. The normalized spacial score (nSPS) is 12.1. The van der Waals surface area contributed by atoms with Gasteiger partial charge in [0.05, 0.1) is 17.7 Å². The Morgan fingerprint density at radius 2 is 1.89 bits per heavy atom. The van der Waals surface area contributed by atoms with Crippen LogP contribution in [0, 0.1) is 0 Å². The number of benzene rings is 1. The molecule has 12 nitrogen and oxygen atoms in total. The number of urea groups is 1. The number of rotatable bonds is 9. The Labute approximate surface area is 214 Å². The second-order valence-electron chi connectivity index (χ2n) is 9.35. The Morgan fingerprint density at radius 1 is 1.08 bits per heavy atom. The van der Waals surface area contributed by atoms with E-state index in [9.17, 15) is 13.2 Å². The van der Waals surface area contributed by atoms with Gasteiger partial charge in [-0.1, -0.05) is 38.1 Å². The first-order valence-electron chi connectivity index (χ1n) is 11.6. The molecule has 4 aromatic rings. The summed E-state index contributed by atoms with van der Waals surface area (Å²) in [7, 11) is -3.73. The van der Waals surface area contributed by atoms with Crippen LogP contribution >= 0.6 is 0 Å². The van der Waals surface area contributed by atoms with Gasteiger partial charge < -0.3 is 19.3 Å². The minimum absolute atomic E-state index is 0.0635. The number of anilines is 1. The zero-order valence-electron chi connectivity index (χ0n) is 20.7. The van der Waals surface area contributed by atoms with Crippen molar-refractivity contribution >= 4 is 27.5 Å². The van der Waals surface area contributed by atoms with E-state index in [0.29, 0.717) is 41.7 Å². The maximum absolute atomic E-state index is 12.4. The van der Waals surface area contributed by atoms with Crippen LogP contribution in [0.15, 0.2) is 58.2 Å². The molecule has 0 bridgehead atoms. The van der Waals surface area contributed by atoms with Crippen LogP contribution in [0.5, 0.6) is 0 Å². The highest BCUT2D eigenvalue weighted by atomic mass is 32.2. The number of amides is 2. The molecule has 3 heterocycles. The molecular formula is C24H29N7O5S. The molecular weight excluding hydrogens is 498 g/mol. The molecule has 4 N–H and O–H groups in total. The average molecular weight is 528 g/mol. The first-order chi connectivity index (χ1) is 17.5. The van der Waals surface area contributed by atoms with Crippen molar-refractivity contribution in [2.75, 3.05) is 25.0 Å². The first kappa shape index (κ1) is 26.3. The minimum atomic E-state index is -3.73. The topological polar surface area (TPSA) is 164 Å². The van der Waals surface area contributed by atoms with Gasteiger partial charge in [-0.2, -0.15) is 4.98 Å². The van der Waals surface area contributed by atoms with Gasteiger partial charge in [0.1, 0.15) is 5.65 Å². The number of hydrogen-bond donors (Lipinski definition) is 4. The minimum Gasteiger partial charge on any atom is -0.395 e. The summed E-state index contributed by atoms with van der Waals surface area (Å²) in [6.45, 7) is 5.93.